The molecule has 4 heterocycles. The molecule has 0 amide bonds. The Kier molecular flexibility index (Phi) is 11.4. The van der Waals surface area contributed by atoms with Gasteiger partial charge >= 0.3 is 313 Å². The Morgan fingerprint density at radius 3 is 1.13 bits per heavy atom. The molecule has 0 N–H and O–H groups in total. The second-order valence-electron chi connectivity index (χ2n) is 16.3. The van der Waals surface area contributed by atoms with E-state index >= 15 is 0 Å². The summed E-state index contributed by atoms with van der Waals surface area (Å²) >= 11 is -4.08. The van der Waals surface area contributed by atoms with E-state index in [1.807, 2.05) is 49.1 Å². The maximum absolute atomic E-state index is 4.90. The SMILES string of the molecule is CC(C)C1=Cc2c(-c3ccccn3)cc(-c3ccccn3)cc2[CH]1[Zr]([CH3])([CH3])(=[SiH2])[CH]1C(C(C)C)=Cc2c(-c3ccccn3)cc(-c3ccccn3)cc21.Cl.Cl. The maximum Gasteiger partial charge on any atom is -0.147 e. The van der Waals surface area contributed by atoms with E-state index in [1.54, 1.807) is 11.1 Å². The Morgan fingerprint density at radius 2 is 0.833 bits per heavy atom. The minimum absolute atomic E-state index is 0. The summed E-state index contributed by atoms with van der Waals surface area (Å²) in [5, 5.41) is 0. The van der Waals surface area contributed by atoms with Gasteiger partial charge in [0, 0.05) is 0 Å². The van der Waals surface area contributed by atoms with Gasteiger partial charge in [0.05, 0.1) is 0 Å². The number of benzene rings is 2. The van der Waals surface area contributed by atoms with Crippen molar-refractivity contribution < 1.29 is 17.4 Å². The fourth-order valence-corrected chi connectivity index (χ4v) is 29.0. The van der Waals surface area contributed by atoms with Crippen molar-refractivity contribution in [2.75, 3.05) is 0 Å². The zero-order valence-corrected chi connectivity index (χ0v) is 37.3. The molecule has 4 aromatic heterocycles. The van der Waals surface area contributed by atoms with Crippen molar-refractivity contribution in [1.29, 1.82) is 0 Å². The van der Waals surface area contributed by atoms with Crippen LogP contribution < -0.4 is 0 Å². The number of allylic oxidation sites excluding steroid dienone is 2. The quantitative estimate of drug-likeness (QED) is 0.143. The zero-order valence-electron chi connectivity index (χ0n) is 31.8. The molecule has 0 radical (unpaired) electrons. The third kappa shape index (κ3) is 6.96. The summed E-state index contributed by atoms with van der Waals surface area (Å²) < 4.78 is 6.15. The molecule has 0 spiro atoms. The predicted octanol–water partition coefficient (Wildman–Crippen LogP) is 12.0. The van der Waals surface area contributed by atoms with E-state index in [4.69, 9.17) is 19.9 Å². The first-order valence-electron chi connectivity index (χ1n) is 18.5. The van der Waals surface area contributed by atoms with Crippen molar-refractivity contribution in [3.8, 4) is 45.0 Å². The summed E-state index contributed by atoms with van der Waals surface area (Å²) in [5.41, 5.74) is 17.3. The van der Waals surface area contributed by atoms with E-state index in [2.05, 4.69) is 129 Å². The fraction of sp³-hybridized carbons (Fsp3) is 0.217. The number of nitrogens with zero attached hydrogens (tertiary/aromatic N) is 4. The van der Waals surface area contributed by atoms with Crippen LogP contribution in [0.2, 0.25) is 9.26 Å². The summed E-state index contributed by atoms with van der Waals surface area (Å²) in [5.74, 6) is 0.780. The van der Waals surface area contributed by atoms with Gasteiger partial charge < -0.3 is 0 Å². The largest absolute Gasteiger partial charge is 0.147 e. The van der Waals surface area contributed by atoms with Crippen LogP contribution in [0.15, 0.2) is 133 Å². The van der Waals surface area contributed by atoms with Crippen LogP contribution in [-0.2, 0) is 17.4 Å². The van der Waals surface area contributed by atoms with E-state index in [0.717, 1.165) is 33.9 Å². The smallest absolute Gasteiger partial charge is 0.147 e. The van der Waals surface area contributed by atoms with Crippen LogP contribution in [-0.4, -0.2) is 26.8 Å². The summed E-state index contributed by atoms with van der Waals surface area (Å²) in [4.78, 5) is 19.5. The van der Waals surface area contributed by atoms with Gasteiger partial charge in [-0.1, -0.05) is 0 Å². The molecule has 8 heteroatoms. The van der Waals surface area contributed by atoms with Gasteiger partial charge in [0.25, 0.3) is 0 Å². The Balaban J connectivity index is 0.00000249. The van der Waals surface area contributed by atoms with Crippen LogP contribution in [0.1, 0.15) is 57.2 Å². The van der Waals surface area contributed by atoms with E-state index in [9.17, 15) is 0 Å². The molecule has 8 rings (SSSR count). The molecule has 2 aliphatic carbocycles. The third-order valence-electron chi connectivity index (χ3n) is 11.4. The minimum atomic E-state index is -4.08. The van der Waals surface area contributed by atoms with Crippen molar-refractivity contribution in [2.24, 2.45) is 11.8 Å². The van der Waals surface area contributed by atoms with E-state index in [0.29, 0.717) is 19.1 Å². The van der Waals surface area contributed by atoms with Gasteiger partial charge in [-0.25, -0.2) is 0 Å². The van der Waals surface area contributed by atoms with Gasteiger partial charge in [0.1, 0.15) is 0 Å². The second-order valence-corrected chi connectivity index (χ2v) is 46.8. The fourth-order valence-electron chi connectivity index (χ4n) is 9.12. The zero-order chi connectivity index (χ0) is 36.2. The standard InChI is InChI=1S/2C22H19N2.2CH3.2ClH.H2Si.Zr/c2*1-15(2)16-11-17-12-18(21-7-3-5-9-23-21)14-20(19(17)13-16)22-8-4-6-10-24-22;;;;;;/h2*3-15H,1-2H3;2*1H3;2*1H;1H2;. The predicted molar refractivity (Wildman–Crippen MR) is 232 cm³/mol. The van der Waals surface area contributed by atoms with Gasteiger partial charge in [0.15, 0.2) is 0 Å². The molecule has 54 heavy (non-hydrogen) atoms. The Bertz CT molecular complexity index is 2280. The molecule has 2 aromatic carbocycles. The number of hydrogen-bond donors (Lipinski definition) is 0. The van der Waals surface area contributed by atoms with Crippen molar-refractivity contribution in [1.82, 2.24) is 19.9 Å². The monoisotopic (exact) mass is 844 g/mol. The average Bonchev–Trinajstić information content (AvgIpc) is 3.77. The molecule has 0 fully saturated rings. The molecule has 0 saturated carbocycles. The van der Waals surface area contributed by atoms with Crippen LogP contribution >= 0.6 is 24.8 Å². The van der Waals surface area contributed by atoms with Crippen LogP contribution in [0.3, 0.4) is 0 Å². The van der Waals surface area contributed by atoms with Crippen LogP contribution in [0, 0.1) is 11.8 Å². The first kappa shape index (κ1) is 39.9. The molecule has 2 unspecified atom stereocenters. The number of aromatic nitrogens is 4. The molecular weight excluding hydrogens is 799 g/mol. The van der Waals surface area contributed by atoms with Crippen LogP contribution in [0.4, 0.5) is 0 Å². The summed E-state index contributed by atoms with van der Waals surface area (Å²) in [6, 6.07) is 34.5. The van der Waals surface area contributed by atoms with Crippen molar-refractivity contribution in [3.63, 3.8) is 0 Å². The molecule has 0 saturated heterocycles. The van der Waals surface area contributed by atoms with Gasteiger partial charge in [-0.2, -0.15) is 0 Å². The summed E-state index contributed by atoms with van der Waals surface area (Å²) in [6.07, 6.45) is 12.7. The van der Waals surface area contributed by atoms with Gasteiger partial charge in [-0.3, -0.25) is 0 Å². The molecule has 2 aliphatic rings. The van der Waals surface area contributed by atoms with Crippen molar-refractivity contribution in [2.45, 2.75) is 44.2 Å². The Hall–Kier alpha value is -3.80. The first-order valence-corrected chi connectivity index (χ1v) is 32.2. The second kappa shape index (κ2) is 15.4. The Labute approximate surface area is 335 Å². The van der Waals surface area contributed by atoms with E-state index in [1.165, 1.54) is 33.4 Å². The topological polar surface area (TPSA) is 51.6 Å². The van der Waals surface area contributed by atoms with Gasteiger partial charge in [-0.05, 0) is 0 Å². The number of halogens is 2. The molecule has 6 aromatic rings. The number of pyridine rings is 4. The van der Waals surface area contributed by atoms with Gasteiger partial charge in [0.2, 0.25) is 0 Å². The summed E-state index contributed by atoms with van der Waals surface area (Å²) in [7, 11) is 0. The first-order chi connectivity index (χ1) is 25.0. The van der Waals surface area contributed by atoms with E-state index < -0.39 is 17.4 Å². The van der Waals surface area contributed by atoms with Crippen LogP contribution in [0.5, 0.6) is 0 Å². The number of rotatable bonds is 8. The molecule has 274 valence electrons. The van der Waals surface area contributed by atoms with Crippen molar-refractivity contribution >= 4 is 43.8 Å². The van der Waals surface area contributed by atoms with Crippen LogP contribution in [0.25, 0.3) is 57.2 Å². The summed E-state index contributed by atoms with van der Waals surface area (Å²) in [6.45, 7) is 12.0. The molecule has 4 nitrogen and oxygen atoms in total. The van der Waals surface area contributed by atoms with E-state index in [-0.39, 0.29) is 24.8 Å². The normalized spacial score (nSPS) is 16.2. The molecule has 2 atom stereocenters. The maximum atomic E-state index is 4.90. The minimum Gasteiger partial charge on any atom is -0.147 e. The molecule has 0 aliphatic heterocycles. The Morgan fingerprint density at radius 1 is 0.500 bits per heavy atom. The van der Waals surface area contributed by atoms with Gasteiger partial charge in [-0.15, -0.1) is 24.8 Å². The number of hydrogen-bond acceptors (Lipinski definition) is 4. The van der Waals surface area contributed by atoms with Crippen molar-refractivity contribution in [3.05, 3.63) is 155 Å². The average molecular weight is 847 g/mol. The molecule has 0 bridgehead atoms. The number of fused-ring (bicyclic) bond motifs is 2. The third-order valence-corrected chi connectivity index (χ3v) is 28.7. The molecular formula is C46H48Cl2N4SiZr.